The van der Waals surface area contributed by atoms with E-state index in [0.29, 0.717) is 0 Å². The quantitative estimate of drug-likeness (QED) is 0.372. The minimum absolute atomic E-state index is 0.238. The number of hydrogen-bond acceptors (Lipinski definition) is 5. The van der Waals surface area contributed by atoms with Crippen LogP contribution in [0.3, 0.4) is 0 Å². The molecule has 0 spiro atoms. The van der Waals surface area contributed by atoms with Crippen LogP contribution >= 0.6 is 0 Å². The molecule has 0 aliphatic carbocycles. The molecule has 6 nitrogen and oxygen atoms in total. The van der Waals surface area contributed by atoms with Crippen LogP contribution in [0.4, 0.5) is 24.5 Å². The number of nitrogens with zero attached hydrogens (tertiary/aromatic N) is 1. The summed E-state index contributed by atoms with van der Waals surface area (Å²) in [6.07, 6.45) is -4.84. The van der Waals surface area contributed by atoms with Crippen LogP contribution in [0.15, 0.2) is 27.4 Å². The van der Waals surface area contributed by atoms with E-state index in [4.69, 9.17) is 5.73 Å². The second-order valence-electron chi connectivity index (χ2n) is 3.61. The van der Waals surface area contributed by atoms with E-state index in [1.54, 1.807) is 0 Å². The molecular formula is C10H5F3N2O4. The van der Waals surface area contributed by atoms with E-state index in [1.165, 1.54) is 0 Å². The highest BCUT2D eigenvalue weighted by atomic mass is 19.4. The van der Waals surface area contributed by atoms with Crippen LogP contribution in [0.2, 0.25) is 0 Å². The van der Waals surface area contributed by atoms with Gasteiger partial charge in [0.05, 0.1) is 10.5 Å². The van der Waals surface area contributed by atoms with Crippen LogP contribution in [-0.4, -0.2) is 4.92 Å². The maximum atomic E-state index is 12.7. The predicted octanol–water partition coefficient (Wildman–Crippen LogP) is 2.30. The second kappa shape index (κ2) is 3.97. The summed E-state index contributed by atoms with van der Waals surface area (Å²) in [6.45, 7) is 0. The summed E-state index contributed by atoms with van der Waals surface area (Å²) in [6, 6.07) is 2.11. The average Bonchev–Trinajstić information content (AvgIpc) is 2.25. The SMILES string of the molecule is Nc1ccc2c(C(F)(F)F)cc(=O)oc2c1[N+](=O)[O-]. The molecule has 2 rings (SSSR count). The highest BCUT2D eigenvalue weighted by Gasteiger charge is 2.35. The molecule has 0 atom stereocenters. The molecule has 19 heavy (non-hydrogen) atoms. The first-order chi connectivity index (χ1) is 8.71. The molecule has 100 valence electrons. The summed E-state index contributed by atoms with van der Waals surface area (Å²) in [5, 5.41) is 10.2. The summed E-state index contributed by atoms with van der Waals surface area (Å²) in [5.74, 6) is 0. The van der Waals surface area contributed by atoms with Gasteiger partial charge in [0.2, 0.25) is 5.58 Å². The van der Waals surface area contributed by atoms with Gasteiger partial charge < -0.3 is 10.2 Å². The fourth-order valence-electron chi connectivity index (χ4n) is 1.65. The molecule has 0 amide bonds. The summed E-state index contributed by atoms with van der Waals surface area (Å²) < 4.78 is 42.7. The number of rotatable bonds is 1. The first kappa shape index (κ1) is 12.9. The van der Waals surface area contributed by atoms with Crippen molar-refractivity contribution in [1.29, 1.82) is 0 Å². The lowest BCUT2D eigenvalue weighted by atomic mass is 10.1. The molecule has 1 heterocycles. The van der Waals surface area contributed by atoms with E-state index in [9.17, 15) is 28.1 Å². The zero-order valence-electron chi connectivity index (χ0n) is 9.02. The number of hydrogen-bond donors (Lipinski definition) is 1. The van der Waals surface area contributed by atoms with Crippen molar-refractivity contribution in [2.24, 2.45) is 0 Å². The molecule has 0 aliphatic rings. The zero-order chi connectivity index (χ0) is 14.4. The van der Waals surface area contributed by atoms with Crippen molar-refractivity contribution in [3.63, 3.8) is 0 Å². The molecule has 0 saturated carbocycles. The van der Waals surface area contributed by atoms with Crippen LogP contribution in [-0.2, 0) is 6.18 Å². The van der Waals surface area contributed by atoms with E-state index in [2.05, 4.69) is 4.42 Å². The van der Waals surface area contributed by atoms with Gasteiger partial charge in [-0.25, -0.2) is 4.79 Å². The molecule has 2 N–H and O–H groups in total. The van der Waals surface area contributed by atoms with E-state index in [1.807, 2.05) is 0 Å². The Kier molecular flexibility index (Phi) is 2.69. The highest BCUT2D eigenvalue weighted by Crippen LogP contribution is 2.38. The largest absolute Gasteiger partial charge is 0.417 e. The Labute approximate surface area is 102 Å². The Bertz CT molecular complexity index is 736. The summed E-state index contributed by atoms with van der Waals surface area (Å²) >= 11 is 0. The third kappa shape index (κ3) is 2.09. The number of benzene rings is 1. The van der Waals surface area contributed by atoms with Gasteiger partial charge in [0.25, 0.3) is 0 Å². The van der Waals surface area contributed by atoms with Crippen molar-refractivity contribution in [2.45, 2.75) is 6.18 Å². The number of fused-ring (bicyclic) bond motifs is 1. The number of nitrogen functional groups attached to an aromatic ring is 1. The molecule has 0 unspecified atom stereocenters. The smallest absolute Gasteiger partial charge is 0.415 e. The lowest BCUT2D eigenvalue weighted by Crippen LogP contribution is -2.12. The van der Waals surface area contributed by atoms with Gasteiger partial charge in [0, 0.05) is 11.5 Å². The van der Waals surface area contributed by atoms with Crippen molar-refractivity contribution in [1.82, 2.24) is 0 Å². The Balaban J connectivity index is 3.02. The maximum absolute atomic E-state index is 12.7. The monoisotopic (exact) mass is 274 g/mol. The average molecular weight is 274 g/mol. The van der Waals surface area contributed by atoms with Crippen molar-refractivity contribution in [3.8, 4) is 0 Å². The van der Waals surface area contributed by atoms with Gasteiger partial charge in [-0.15, -0.1) is 0 Å². The van der Waals surface area contributed by atoms with Gasteiger partial charge in [0.1, 0.15) is 5.69 Å². The molecule has 0 bridgehead atoms. The molecular weight excluding hydrogens is 269 g/mol. The molecule has 1 aromatic carbocycles. The summed E-state index contributed by atoms with van der Waals surface area (Å²) in [4.78, 5) is 20.9. The molecule has 1 aromatic heterocycles. The number of nitrogens with two attached hydrogens (primary N) is 1. The van der Waals surface area contributed by atoms with Gasteiger partial charge >= 0.3 is 17.5 Å². The first-order valence-corrected chi connectivity index (χ1v) is 4.79. The lowest BCUT2D eigenvalue weighted by molar-refractivity contribution is -0.382. The Morgan fingerprint density at radius 3 is 2.47 bits per heavy atom. The summed E-state index contributed by atoms with van der Waals surface area (Å²) in [5.41, 5.74) is 0.632. The molecule has 0 fully saturated rings. The Hall–Kier alpha value is -2.58. The number of nitro groups is 1. The molecule has 0 radical (unpaired) electrons. The van der Waals surface area contributed by atoms with Crippen molar-refractivity contribution < 1.29 is 22.5 Å². The molecule has 2 aromatic rings. The van der Waals surface area contributed by atoms with E-state index >= 15 is 0 Å². The van der Waals surface area contributed by atoms with Crippen LogP contribution < -0.4 is 11.4 Å². The topological polar surface area (TPSA) is 99.4 Å². The maximum Gasteiger partial charge on any atom is 0.417 e. The van der Waals surface area contributed by atoms with Gasteiger partial charge in [-0.3, -0.25) is 10.1 Å². The number of nitro benzene ring substituents is 1. The fourth-order valence-corrected chi connectivity index (χ4v) is 1.65. The highest BCUT2D eigenvalue weighted by molar-refractivity contribution is 5.93. The van der Waals surface area contributed by atoms with Crippen LogP contribution in [0, 0.1) is 10.1 Å². The zero-order valence-corrected chi connectivity index (χ0v) is 9.02. The third-order valence-electron chi connectivity index (χ3n) is 2.41. The first-order valence-electron chi connectivity index (χ1n) is 4.79. The standard InChI is InChI=1S/C10H5F3N2O4/c11-10(12,13)5-3-7(16)19-9-4(5)1-2-6(14)8(9)15(17)18/h1-3H,14H2. The summed E-state index contributed by atoms with van der Waals surface area (Å²) in [7, 11) is 0. The number of alkyl halides is 3. The normalized spacial score (nSPS) is 11.7. The van der Waals surface area contributed by atoms with Crippen LogP contribution in [0.5, 0.6) is 0 Å². The molecule has 0 aliphatic heterocycles. The Morgan fingerprint density at radius 2 is 1.95 bits per heavy atom. The second-order valence-corrected chi connectivity index (χ2v) is 3.61. The fraction of sp³-hybridized carbons (Fsp3) is 0.100. The number of halogens is 3. The van der Waals surface area contributed by atoms with Gasteiger partial charge in [0.15, 0.2) is 0 Å². The van der Waals surface area contributed by atoms with Gasteiger partial charge in [-0.2, -0.15) is 13.2 Å². The van der Waals surface area contributed by atoms with Gasteiger partial charge in [-0.05, 0) is 12.1 Å². The van der Waals surface area contributed by atoms with E-state index in [0.717, 1.165) is 12.1 Å². The molecule has 0 saturated heterocycles. The minimum atomic E-state index is -4.84. The minimum Gasteiger partial charge on any atom is -0.415 e. The Morgan fingerprint density at radius 1 is 1.32 bits per heavy atom. The number of anilines is 1. The lowest BCUT2D eigenvalue weighted by Gasteiger charge is -2.09. The van der Waals surface area contributed by atoms with Crippen LogP contribution in [0.25, 0.3) is 11.0 Å². The van der Waals surface area contributed by atoms with Crippen molar-refractivity contribution >= 4 is 22.3 Å². The van der Waals surface area contributed by atoms with Crippen molar-refractivity contribution in [2.75, 3.05) is 5.73 Å². The van der Waals surface area contributed by atoms with Crippen LogP contribution in [0.1, 0.15) is 5.56 Å². The molecule has 9 heteroatoms. The van der Waals surface area contributed by atoms with E-state index < -0.39 is 38.9 Å². The van der Waals surface area contributed by atoms with Gasteiger partial charge in [-0.1, -0.05) is 0 Å². The predicted molar refractivity (Wildman–Crippen MR) is 58.6 cm³/mol. The van der Waals surface area contributed by atoms with E-state index in [-0.39, 0.29) is 11.8 Å². The van der Waals surface area contributed by atoms with Crippen molar-refractivity contribution in [3.05, 3.63) is 44.3 Å². The third-order valence-corrected chi connectivity index (χ3v) is 2.41.